The number of nitrogens with zero attached hydrogens (tertiary/aromatic N) is 1. The van der Waals surface area contributed by atoms with Crippen LogP contribution in [0.3, 0.4) is 0 Å². The number of likely N-dealkylation sites (tertiary alicyclic amines) is 1. The van der Waals surface area contributed by atoms with Gasteiger partial charge in [-0.1, -0.05) is 51.0 Å². The average molecular weight is 354 g/mol. The van der Waals surface area contributed by atoms with E-state index >= 15 is 0 Å². The summed E-state index contributed by atoms with van der Waals surface area (Å²) in [4.78, 5) is 14.5. The minimum absolute atomic E-state index is 0. The number of benzene rings is 1. The van der Waals surface area contributed by atoms with Crippen molar-refractivity contribution in [2.24, 2.45) is 11.7 Å². The molecular weight excluding hydrogens is 322 g/mol. The molecule has 1 saturated heterocycles. The maximum atomic E-state index is 12.0. The minimum Gasteiger partial charge on any atom is -0.351 e. The summed E-state index contributed by atoms with van der Waals surface area (Å²) in [5.41, 5.74) is 8.34. The van der Waals surface area contributed by atoms with Gasteiger partial charge in [0.1, 0.15) is 0 Å². The Morgan fingerprint density at radius 1 is 1.17 bits per heavy atom. The molecule has 1 aromatic carbocycles. The van der Waals surface area contributed by atoms with E-state index in [0.717, 1.165) is 12.1 Å². The van der Waals surface area contributed by atoms with E-state index in [0.29, 0.717) is 6.54 Å². The molecular formula is C19H32ClN3O. The largest absolute Gasteiger partial charge is 0.351 e. The molecule has 1 heterocycles. The fraction of sp³-hybridized carbons (Fsp3) is 0.632. The Kier molecular flexibility index (Phi) is 9.34. The van der Waals surface area contributed by atoms with Gasteiger partial charge in [0.25, 0.3) is 0 Å². The zero-order valence-corrected chi connectivity index (χ0v) is 15.8. The molecule has 0 aromatic heterocycles. The van der Waals surface area contributed by atoms with E-state index in [4.69, 9.17) is 5.73 Å². The van der Waals surface area contributed by atoms with E-state index in [1.807, 2.05) is 13.8 Å². The van der Waals surface area contributed by atoms with Crippen LogP contribution >= 0.6 is 12.4 Å². The number of carbonyl (C=O) groups excluding carboxylic acids is 1. The van der Waals surface area contributed by atoms with Crippen molar-refractivity contribution < 1.29 is 4.79 Å². The Morgan fingerprint density at radius 3 is 2.42 bits per heavy atom. The number of amides is 1. The molecule has 1 amide bonds. The molecule has 0 spiro atoms. The summed E-state index contributed by atoms with van der Waals surface area (Å²) in [6, 6.07) is 8.09. The highest BCUT2D eigenvalue weighted by Crippen LogP contribution is 2.14. The van der Waals surface area contributed by atoms with Crippen LogP contribution in [-0.4, -0.2) is 29.9 Å². The third-order valence-corrected chi connectivity index (χ3v) is 4.58. The highest BCUT2D eigenvalue weighted by molar-refractivity contribution is 5.85. The number of hydrogen-bond acceptors (Lipinski definition) is 3. The Balaban J connectivity index is 0.00000288. The molecule has 4 nitrogen and oxygen atoms in total. The first kappa shape index (κ1) is 20.9. The quantitative estimate of drug-likeness (QED) is 0.826. The van der Waals surface area contributed by atoms with E-state index in [1.54, 1.807) is 0 Å². The van der Waals surface area contributed by atoms with Crippen LogP contribution in [0, 0.1) is 5.92 Å². The first-order valence-electron chi connectivity index (χ1n) is 8.89. The van der Waals surface area contributed by atoms with Crippen molar-refractivity contribution in [3.63, 3.8) is 0 Å². The summed E-state index contributed by atoms with van der Waals surface area (Å²) < 4.78 is 0. The molecule has 1 fully saturated rings. The molecule has 2 rings (SSSR count). The van der Waals surface area contributed by atoms with Crippen LogP contribution in [0.5, 0.6) is 0 Å². The third kappa shape index (κ3) is 6.80. The van der Waals surface area contributed by atoms with Crippen molar-refractivity contribution >= 4 is 18.3 Å². The van der Waals surface area contributed by atoms with Gasteiger partial charge in [-0.3, -0.25) is 9.69 Å². The molecule has 136 valence electrons. The number of halogens is 1. The lowest BCUT2D eigenvalue weighted by Crippen LogP contribution is -2.43. The van der Waals surface area contributed by atoms with E-state index in [9.17, 15) is 4.79 Å². The standard InChI is InChI=1S/C19H31N3O.ClH/c1-15(2)18(20)19(23)21-13-16-8-7-9-17(12-16)14-22-10-5-3-4-6-11-22;/h7-9,12,15,18H,3-6,10-11,13-14,20H2,1-2H3,(H,21,23);1H/t18-;/m0./s1. The molecule has 0 radical (unpaired) electrons. The summed E-state index contributed by atoms with van der Waals surface area (Å²) in [6.45, 7) is 7.88. The Labute approximate surface area is 152 Å². The van der Waals surface area contributed by atoms with Gasteiger partial charge in [-0.25, -0.2) is 0 Å². The van der Waals surface area contributed by atoms with Gasteiger partial charge >= 0.3 is 0 Å². The van der Waals surface area contributed by atoms with Gasteiger partial charge in [0.15, 0.2) is 0 Å². The maximum Gasteiger partial charge on any atom is 0.237 e. The molecule has 1 atom stereocenters. The van der Waals surface area contributed by atoms with Gasteiger partial charge in [0.2, 0.25) is 5.91 Å². The Morgan fingerprint density at radius 2 is 1.79 bits per heavy atom. The second-order valence-electron chi connectivity index (χ2n) is 7.00. The van der Waals surface area contributed by atoms with Gasteiger partial charge in [0.05, 0.1) is 6.04 Å². The van der Waals surface area contributed by atoms with Gasteiger partial charge in [-0.05, 0) is 43.0 Å². The maximum absolute atomic E-state index is 12.0. The predicted molar refractivity (Wildman–Crippen MR) is 102 cm³/mol. The van der Waals surface area contributed by atoms with Crippen molar-refractivity contribution in [1.82, 2.24) is 10.2 Å². The lowest BCUT2D eigenvalue weighted by Gasteiger charge is -2.20. The monoisotopic (exact) mass is 353 g/mol. The van der Waals surface area contributed by atoms with E-state index in [-0.39, 0.29) is 24.2 Å². The molecule has 0 unspecified atom stereocenters. The zero-order chi connectivity index (χ0) is 16.7. The number of nitrogens with two attached hydrogens (primary N) is 1. The average Bonchev–Trinajstić information content (AvgIpc) is 2.81. The fourth-order valence-corrected chi connectivity index (χ4v) is 3.00. The summed E-state index contributed by atoms with van der Waals surface area (Å²) >= 11 is 0. The van der Waals surface area contributed by atoms with Crippen LogP contribution < -0.4 is 11.1 Å². The Hall–Kier alpha value is -1.10. The minimum atomic E-state index is -0.435. The molecule has 1 aromatic rings. The van der Waals surface area contributed by atoms with Crippen molar-refractivity contribution in [3.8, 4) is 0 Å². The Bertz CT molecular complexity index is 499. The fourth-order valence-electron chi connectivity index (χ4n) is 3.00. The molecule has 3 N–H and O–H groups in total. The number of carbonyl (C=O) groups is 1. The van der Waals surface area contributed by atoms with Crippen LogP contribution in [0.25, 0.3) is 0 Å². The molecule has 0 aliphatic carbocycles. The van der Waals surface area contributed by atoms with Crippen LogP contribution in [0.4, 0.5) is 0 Å². The lowest BCUT2D eigenvalue weighted by molar-refractivity contribution is -0.123. The van der Waals surface area contributed by atoms with E-state index in [1.165, 1.54) is 44.3 Å². The smallest absolute Gasteiger partial charge is 0.237 e. The molecule has 1 aliphatic rings. The van der Waals surface area contributed by atoms with Gasteiger partial charge in [0, 0.05) is 13.1 Å². The molecule has 0 bridgehead atoms. The van der Waals surface area contributed by atoms with Crippen LogP contribution in [0.2, 0.25) is 0 Å². The van der Waals surface area contributed by atoms with Gasteiger partial charge < -0.3 is 11.1 Å². The van der Waals surface area contributed by atoms with Crippen molar-refractivity contribution in [1.29, 1.82) is 0 Å². The normalized spacial score (nSPS) is 17.0. The van der Waals surface area contributed by atoms with Crippen LogP contribution in [0.15, 0.2) is 24.3 Å². The SMILES string of the molecule is CC(C)[C@H](N)C(=O)NCc1cccc(CN2CCCCCC2)c1.Cl. The predicted octanol–water partition coefficient (Wildman–Crippen LogP) is 3.08. The second kappa shape index (κ2) is 10.7. The number of nitrogens with one attached hydrogen (secondary N) is 1. The molecule has 24 heavy (non-hydrogen) atoms. The number of rotatable bonds is 6. The van der Waals surface area contributed by atoms with Crippen molar-refractivity contribution in [3.05, 3.63) is 35.4 Å². The van der Waals surface area contributed by atoms with Gasteiger partial charge in [-0.2, -0.15) is 0 Å². The summed E-state index contributed by atoms with van der Waals surface area (Å²) in [7, 11) is 0. The first-order chi connectivity index (χ1) is 11.1. The van der Waals surface area contributed by atoms with Crippen molar-refractivity contribution in [2.75, 3.05) is 13.1 Å². The summed E-state index contributed by atoms with van der Waals surface area (Å²) in [5.74, 6) is 0.0855. The topological polar surface area (TPSA) is 58.4 Å². The van der Waals surface area contributed by atoms with Crippen molar-refractivity contribution in [2.45, 2.75) is 58.7 Å². The molecule has 5 heteroatoms. The zero-order valence-electron chi connectivity index (χ0n) is 15.0. The van der Waals surface area contributed by atoms with Crippen LogP contribution in [-0.2, 0) is 17.9 Å². The van der Waals surface area contributed by atoms with Gasteiger partial charge in [-0.15, -0.1) is 12.4 Å². The first-order valence-corrected chi connectivity index (χ1v) is 8.89. The third-order valence-electron chi connectivity index (χ3n) is 4.58. The highest BCUT2D eigenvalue weighted by Gasteiger charge is 2.16. The van der Waals surface area contributed by atoms with E-state index < -0.39 is 6.04 Å². The lowest BCUT2D eigenvalue weighted by atomic mass is 10.0. The molecule has 0 saturated carbocycles. The summed E-state index contributed by atoms with van der Waals surface area (Å²) in [6.07, 6.45) is 5.34. The van der Waals surface area contributed by atoms with Crippen LogP contribution in [0.1, 0.15) is 50.7 Å². The van der Waals surface area contributed by atoms with E-state index in [2.05, 4.69) is 34.5 Å². The highest BCUT2D eigenvalue weighted by atomic mass is 35.5. The molecule has 1 aliphatic heterocycles. The number of hydrogen-bond donors (Lipinski definition) is 2. The summed E-state index contributed by atoms with van der Waals surface area (Å²) in [5, 5.41) is 2.94. The second-order valence-corrected chi connectivity index (χ2v) is 7.00.